The molecule has 2 unspecified atom stereocenters. The van der Waals surface area contributed by atoms with Crippen molar-refractivity contribution in [2.75, 3.05) is 13.2 Å². The number of hydrogen-bond acceptors (Lipinski definition) is 8. The first kappa shape index (κ1) is 20.8. The molecule has 22 heavy (non-hydrogen) atoms. The van der Waals surface area contributed by atoms with Crippen LogP contribution < -0.4 is 0 Å². The number of aliphatic hydroxyl groups is 4. The summed E-state index contributed by atoms with van der Waals surface area (Å²) in [6.45, 7) is 0.108. The molecule has 0 aliphatic heterocycles. The molecule has 0 fully saturated rings. The zero-order valence-corrected chi connectivity index (χ0v) is 12.6. The summed E-state index contributed by atoms with van der Waals surface area (Å²) in [5.74, 6) is -2.71. The lowest BCUT2D eigenvalue weighted by molar-refractivity contribution is -0.195. The highest BCUT2D eigenvalue weighted by molar-refractivity contribution is 6.29. The monoisotopic (exact) mass is 322 g/mol. The Morgan fingerprint density at radius 3 is 1.36 bits per heavy atom. The molecule has 0 aromatic carbocycles. The molecule has 8 heteroatoms. The van der Waals surface area contributed by atoms with Crippen LogP contribution in [-0.2, 0) is 19.1 Å². The summed E-state index contributed by atoms with van der Waals surface area (Å²) in [6, 6.07) is 0. The molecule has 0 amide bonds. The molecule has 0 rings (SSSR count). The van der Waals surface area contributed by atoms with Crippen LogP contribution >= 0.6 is 0 Å². The van der Waals surface area contributed by atoms with E-state index in [2.05, 4.69) is 9.47 Å². The largest absolute Gasteiger partial charge is 0.428 e. The van der Waals surface area contributed by atoms with Crippen LogP contribution in [0.5, 0.6) is 0 Å². The SMILES string of the molecule is O=C(OC(O)CCCCCO)C(=O)OC(O)CCCCCO. The fourth-order valence-electron chi connectivity index (χ4n) is 1.68. The van der Waals surface area contributed by atoms with E-state index < -0.39 is 24.5 Å². The van der Waals surface area contributed by atoms with Gasteiger partial charge in [0.1, 0.15) is 0 Å². The normalized spacial score (nSPS) is 13.5. The van der Waals surface area contributed by atoms with Gasteiger partial charge in [-0.15, -0.1) is 0 Å². The molecule has 0 saturated carbocycles. The van der Waals surface area contributed by atoms with Crippen molar-refractivity contribution in [3.8, 4) is 0 Å². The maximum Gasteiger partial charge on any atom is 0.419 e. The number of carbonyl (C=O) groups excluding carboxylic acids is 2. The Labute approximate surface area is 129 Å². The number of carbonyl (C=O) groups is 2. The highest BCUT2D eigenvalue weighted by Crippen LogP contribution is 2.07. The molecule has 0 radical (unpaired) electrons. The van der Waals surface area contributed by atoms with Gasteiger partial charge in [-0.05, 0) is 25.7 Å². The summed E-state index contributed by atoms with van der Waals surface area (Å²) < 4.78 is 8.94. The summed E-state index contributed by atoms with van der Waals surface area (Å²) in [7, 11) is 0. The lowest BCUT2D eigenvalue weighted by atomic mass is 10.2. The van der Waals surface area contributed by atoms with Crippen molar-refractivity contribution < 1.29 is 39.5 Å². The van der Waals surface area contributed by atoms with Crippen LogP contribution in [0.2, 0.25) is 0 Å². The predicted molar refractivity (Wildman–Crippen MR) is 75.3 cm³/mol. The zero-order valence-electron chi connectivity index (χ0n) is 12.6. The summed E-state index contributed by atoms with van der Waals surface area (Å²) in [5.41, 5.74) is 0. The second-order valence-corrected chi connectivity index (χ2v) is 4.87. The minimum absolute atomic E-state index is 0.0540. The fourth-order valence-corrected chi connectivity index (χ4v) is 1.68. The second-order valence-electron chi connectivity index (χ2n) is 4.87. The number of rotatable bonds is 12. The first-order valence-corrected chi connectivity index (χ1v) is 7.50. The van der Waals surface area contributed by atoms with E-state index in [1.165, 1.54) is 0 Å². The molecule has 0 saturated heterocycles. The van der Waals surface area contributed by atoms with Gasteiger partial charge in [0, 0.05) is 26.1 Å². The van der Waals surface area contributed by atoms with Gasteiger partial charge in [0.2, 0.25) is 12.6 Å². The molecule has 8 nitrogen and oxygen atoms in total. The highest BCUT2D eigenvalue weighted by Gasteiger charge is 2.23. The smallest absolute Gasteiger partial charge is 0.419 e. The van der Waals surface area contributed by atoms with Gasteiger partial charge in [-0.3, -0.25) is 0 Å². The molecule has 0 aromatic rings. The van der Waals surface area contributed by atoms with Crippen LogP contribution in [0.3, 0.4) is 0 Å². The number of hydrogen-bond donors (Lipinski definition) is 4. The first-order valence-electron chi connectivity index (χ1n) is 7.50. The van der Waals surface area contributed by atoms with Crippen molar-refractivity contribution in [1.29, 1.82) is 0 Å². The van der Waals surface area contributed by atoms with Gasteiger partial charge in [0.15, 0.2) is 0 Å². The Morgan fingerprint density at radius 1 is 0.682 bits per heavy atom. The predicted octanol–water partition coefficient (Wildman–Crippen LogP) is -0.185. The third-order valence-corrected chi connectivity index (χ3v) is 2.87. The molecule has 2 atom stereocenters. The Balaban J connectivity index is 3.83. The van der Waals surface area contributed by atoms with Gasteiger partial charge in [-0.1, -0.05) is 12.8 Å². The highest BCUT2D eigenvalue weighted by atomic mass is 16.7. The molecule has 0 aliphatic carbocycles. The lowest BCUT2D eigenvalue weighted by Crippen LogP contribution is -2.29. The van der Waals surface area contributed by atoms with Gasteiger partial charge in [-0.2, -0.15) is 0 Å². The van der Waals surface area contributed by atoms with Crippen molar-refractivity contribution in [3.63, 3.8) is 0 Å². The zero-order chi connectivity index (χ0) is 16.8. The molecular formula is C14H26O8. The molecule has 0 spiro atoms. The van der Waals surface area contributed by atoms with Gasteiger partial charge in [-0.25, -0.2) is 9.59 Å². The van der Waals surface area contributed by atoms with Crippen molar-refractivity contribution >= 4 is 11.9 Å². The van der Waals surface area contributed by atoms with E-state index in [9.17, 15) is 19.8 Å². The number of unbranched alkanes of at least 4 members (excludes halogenated alkanes) is 4. The number of aliphatic hydroxyl groups excluding tert-OH is 4. The fraction of sp³-hybridized carbons (Fsp3) is 0.857. The first-order chi connectivity index (χ1) is 10.5. The molecule has 4 N–H and O–H groups in total. The Hall–Kier alpha value is -1.22. The van der Waals surface area contributed by atoms with E-state index in [-0.39, 0.29) is 26.1 Å². The molecule has 0 heterocycles. The summed E-state index contributed by atoms with van der Waals surface area (Å²) in [6.07, 6.45) is 1.07. The average molecular weight is 322 g/mol. The average Bonchev–Trinajstić information content (AvgIpc) is 2.48. The van der Waals surface area contributed by atoms with Crippen LogP contribution in [0.1, 0.15) is 51.4 Å². The van der Waals surface area contributed by atoms with Crippen molar-refractivity contribution in [2.24, 2.45) is 0 Å². The summed E-state index contributed by atoms with van der Waals surface area (Å²) in [4.78, 5) is 22.6. The van der Waals surface area contributed by atoms with Gasteiger partial charge in [0.05, 0.1) is 0 Å². The minimum atomic E-state index is -1.42. The third-order valence-electron chi connectivity index (χ3n) is 2.87. The maximum absolute atomic E-state index is 11.3. The Morgan fingerprint density at radius 2 is 1.05 bits per heavy atom. The third kappa shape index (κ3) is 11.4. The van der Waals surface area contributed by atoms with E-state index >= 15 is 0 Å². The summed E-state index contributed by atoms with van der Waals surface area (Å²) >= 11 is 0. The van der Waals surface area contributed by atoms with E-state index in [1.54, 1.807) is 0 Å². The van der Waals surface area contributed by atoms with Crippen LogP contribution in [0, 0.1) is 0 Å². The maximum atomic E-state index is 11.3. The van der Waals surface area contributed by atoms with E-state index in [4.69, 9.17) is 10.2 Å². The van der Waals surface area contributed by atoms with Crippen molar-refractivity contribution in [1.82, 2.24) is 0 Å². The van der Waals surface area contributed by atoms with Crippen LogP contribution in [0.25, 0.3) is 0 Å². The van der Waals surface area contributed by atoms with E-state index in [1.807, 2.05) is 0 Å². The quantitative estimate of drug-likeness (QED) is 0.168. The minimum Gasteiger partial charge on any atom is -0.428 e. The molecule has 0 aromatic heterocycles. The van der Waals surface area contributed by atoms with Gasteiger partial charge in [0.25, 0.3) is 0 Å². The van der Waals surface area contributed by atoms with Gasteiger partial charge < -0.3 is 29.9 Å². The molecular weight excluding hydrogens is 296 g/mol. The molecule has 130 valence electrons. The standard InChI is InChI=1S/C14H26O8/c15-9-5-1-3-7-11(17)21-13(19)14(20)22-12(18)8-4-2-6-10-16/h11-12,15-18H,1-10H2. The summed E-state index contributed by atoms with van der Waals surface area (Å²) in [5, 5.41) is 36.0. The van der Waals surface area contributed by atoms with Crippen LogP contribution in [-0.4, -0.2) is 58.2 Å². The van der Waals surface area contributed by atoms with Crippen molar-refractivity contribution in [3.05, 3.63) is 0 Å². The Kier molecular flexibility index (Phi) is 12.7. The van der Waals surface area contributed by atoms with Crippen LogP contribution in [0.4, 0.5) is 0 Å². The lowest BCUT2D eigenvalue weighted by Gasteiger charge is -2.13. The van der Waals surface area contributed by atoms with E-state index in [0.29, 0.717) is 38.5 Å². The van der Waals surface area contributed by atoms with Gasteiger partial charge >= 0.3 is 11.9 Å². The molecule has 0 bridgehead atoms. The second kappa shape index (κ2) is 13.4. The number of esters is 2. The number of ether oxygens (including phenoxy) is 2. The topological polar surface area (TPSA) is 134 Å². The van der Waals surface area contributed by atoms with Crippen molar-refractivity contribution in [2.45, 2.75) is 63.9 Å². The van der Waals surface area contributed by atoms with E-state index in [0.717, 1.165) is 0 Å². The molecule has 0 aliphatic rings. The van der Waals surface area contributed by atoms with Crippen LogP contribution in [0.15, 0.2) is 0 Å². The Bertz CT molecular complexity index is 277.